The number of halogens is 2. The van der Waals surface area contributed by atoms with Crippen LogP contribution >= 0.6 is 23.2 Å². The van der Waals surface area contributed by atoms with Crippen molar-refractivity contribution in [3.8, 4) is 0 Å². The maximum absolute atomic E-state index is 12.9. The Bertz CT molecular complexity index is 808. The van der Waals surface area contributed by atoms with Crippen LogP contribution in [0.3, 0.4) is 0 Å². The molecule has 7 heteroatoms. The summed E-state index contributed by atoms with van der Waals surface area (Å²) in [6.07, 6.45) is 1.92. The zero-order valence-electron chi connectivity index (χ0n) is 11.1. The lowest BCUT2D eigenvalue weighted by atomic mass is 10.1. The van der Waals surface area contributed by atoms with E-state index in [1.807, 2.05) is 25.1 Å². The third-order valence-electron chi connectivity index (χ3n) is 3.47. The van der Waals surface area contributed by atoms with Crippen LogP contribution in [-0.2, 0) is 16.4 Å². The van der Waals surface area contributed by atoms with Gasteiger partial charge in [0.15, 0.2) is 0 Å². The summed E-state index contributed by atoms with van der Waals surface area (Å²) < 4.78 is 27.1. The number of sulfonamides is 1. The van der Waals surface area contributed by atoms with Crippen molar-refractivity contribution in [2.75, 3.05) is 4.31 Å². The second kappa shape index (κ2) is 5.16. The van der Waals surface area contributed by atoms with Crippen LogP contribution in [0, 0.1) is 0 Å². The molecule has 4 nitrogen and oxygen atoms in total. The summed E-state index contributed by atoms with van der Waals surface area (Å²) in [5.41, 5.74) is 1.72. The average Bonchev–Trinajstić information content (AvgIpc) is 2.78. The number of aromatic nitrogens is 1. The molecule has 0 saturated carbocycles. The van der Waals surface area contributed by atoms with Crippen molar-refractivity contribution in [1.29, 1.82) is 0 Å². The normalized spacial score (nSPS) is 17.9. The van der Waals surface area contributed by atoms with Crippen molar-refractivity contribution in [2.45, 2.75) is 24.3 Å². The Kier molecular flexibility index (Phi) is 3.59. The van der Waals surface area contributed by atoms with Gasteiger partial charge in [-0.2, -0.15) is 0 Å². The molecule has 1 aliphatic heterocycles. The minimum Gasteiger partial charge on any atom is -0.263 e. The first-order valence-electron chi connectivity index (χ1n) is 6.34. The van der Waals surface area contributed by atoms with Crippen LogP contribution < -0.4 is 4.31 Å². The maximum Gasteiger partial charge on any atom is 0.266 e. The number of hydrogen-bond donors (Lipinski definition) is 0. The lowest BCUT2D eigenvalue weighted by Gasteiger charge is -2.24. The van der Waals surface area contributed by atoms with Gasteiger partial charge in [-0.3, -0.25) is 4.31 Å². The van der Waals surface area contributed by atoms with E-state index in [-0.39, 0.29) is 21.1 Å². The van der Waals surface area contributed by atoms with Crippen LogP contribution in [0.1, 0.15) is 12.5 Å². The molecule has 1 atom stereocenters. The molecule has 0 bridgehead atoms. The van der Waals surface area contributed by atoms with Crippen LogP contribution in [-0.4, -0.2) is 19.4 Å². The van der Waals surface area contributed by atoms with Crippen LogP contribution in [0.4, 0.5) is 5.69 Å². The second-order valence-corrected chi connectivity index (χ2v) is 7.51. The summed E-state index contributed by atoms with van der Waals surface area (Å²) in [7, 11) is -3.71. The Labute approximate surface area is 133 Å². The van der Waals surface area contributed by atoms with E-state index in [0.29, 0.717) is 12.1 Å². The first kappa shape index (κ1) is 14.6. The van der Waals surface area contributed by atoms with Crippen molar-refractivity contribution in [3.63, 3.8) is 0 Å². The van der Waals surface area contributed by atoms with Crippen LogP contribution in [0.15, 0.2) is 41.4 Å². The highest BCUT2D eigenvalue weighted by atomic mass is 35.5. The van der Waals surface area contributed by atoms with Crippen LogP contribution in [0.2, 0.25) is 10.2 Å². The lowest BCUT2D eigenvalue weighted by molar-refractivity contribution is 0.584. The van der Waals surface area contributed by atoms with Gasteiger partial charge in [-0.15, -0.1) is 0 Å². The molecule has 0 unspecified atom stereocenters. The molecule has 1 aromatic carbocycles. The molecule has 0 amide bonds. The Morgan fingerprint density at radius 2 is 2.00 bits per heavy atom. The number of anilines is 1. The standard InChI is InChI=1S/C14H12Cl2N2O2S/c1-9-6-10-4-2-3-5-13(10)18(9)21(19,20)11-7-12(15)14(16)17-8-11/h2-5,7-9H,6H2,1H3/t9-/m1/s1. The van der Waals surface area contributed by atoms with Gasteiger partial charge in [0, 0.05) is 12.2 Å². The van der Waals surface area contributed by atoms with E-state index in [4.69, 9.17) is 23.2 Å². The van der Waals surface area contributed by atoms with E-state index in [1.165, 1.54) is 16.6 Å². The van der Waals surface area contributed by atoms with Gasteiger partial charge >= 0.3 is 0 Å². The highest BCUT2D eigenvalue weighted by Gasteiger charge is 2.36. The van der Waals surface area contributed by atoms with Crippen molar-refractivity contribution < 1.29 is 8.42 Å². The maximum atomic E-state index is 12.9. The molecule has 21 heavy (non-hydrogen) atoms. The molecule has 110 valence electrons. The van der Waals surface area contributed by atoms with E-state index in [0.717, 1.165) is 5.56 Å². The van der Waals surface area contributed by atoms with Gasteiger partial charge in [0.1, 0.15) is 10.0 Å². The SMILES string of the molecule is C[C@@H]1Cc2ccccc2N1S(=O)(=O)c1cnc(Cl)c(Cl)c1. The summed E-state index contributed by atoms with van der Waals surface area (Å²) >= 11 is 11.6. The van der Waals surface area contributed by atoms with Gasteiger partial charge in [0.25, 0.3) is 10.0 Å². The lowest BCUT2D eigenvalue weighted by Crippen LogP contribution is -2.35. The zero-order valence-corrected chi connectivity index (χ0v) is 13.5. The molecular formula is C14H12Cl2N2O2S. The Balaban J connectivity index is 2.12. The van der Waals surface area contributed by atoms with Gasteiger partial charge in [-0.05, 0) is 31.0 Å². The summed E-state index contributed by atoms with van der Waals surface area (Å²) in [6, 6.07) is 8.66. The summed E-state index contributed by atoms with van der Waals surface area (Å²) in [4.78, 5) is 3.87. The number of fused-ring (bicyclic) bond motifs is 1. The number of nitrogens with zero attached hydrogens (tertiary/aromatic N) is 2. The molecular weight excluding hydrogens is 331 g/mol. The molecule has 0 aliphatic carbocycles. The van der Waals surface area contributed by atoms with E-state index in [9.17, 15) is 8.42 Å². The second-order valence-electron chi connectivity index (χ2n) is 4.93. The number of pyridine rings is 1. The Morgan fingerprint density at radius 1 is 1.29 bits per heavy atom. The van der Waals surface area contributed by atoms with Gasteiger partial charge in [0.05, 0.1) is 10.7 Å². The third kappa shape index (κ3) is 2.39. The molecule has 3 rings (SSSR count). The molecule has 0 saturated heterocycles. The van der Waals surface area contributed by atoms with Gasteiger partial charge in [-0.1, -0.05) is 41.4 Å². The van der Waals surface area contributed by atoms with E-state index >= 15 is 0 Å². The van der Waals surface area contributed by atoms with E-state index in [1.54, 1.807) is 6.07 Å². The van der Waals surface area contributed by atoms with Crippen molar-refractivity contribution in [2.24, 2.45) is 0 Å². The summed E-state index contributed by atoms with van der Waals surface area (Å²) in [6.45, 7) is 1.88. The fraction of sp³-hybridized carbons (Fsp3) is 0.214. The third-order valence-corrected chi connectivity index (χ3v) is 6.05. The molecule has 0 N–H and O–H groups in total. The number of para-hydroxylation sites is 1. The smallest absolute Gasteiger partial charge is 0.263 e. The molecule has 0 radical (unpaired) electrons. The van der Waals surface area contributed by atoms with Crippen molar-refractivity contribution >= 4 is 38.9 Å². The molecule has 0 fully saturated rings. The fourth-order valence-corrected chi connectivity index (χ4v) is 4.56. The molecule has 1 aromatic heterocycles. The number of rotatable bonds is 2. The molecule has 2 aromatic rings. The minimum absolute atomic E-state index is 0.0421. The zero-order chi connectivity index (χ0) is 15.2. The summed E-state index contributed by atoms with van der Waals surface area (Å²) in [5, 5.41) is 0.211. The van der Waals surface area contributed by atoms with Crippen molar-refractivity contribution in [3.05, 3.63) is 52.3 Å². The highest BCUT2D eigenvalue weighted by Crippen LogP contribution is 2.37. The fourth-order valence-electron chi connectivity index (χ4n) is 2.56. The quantitative estimate of drug-likeness (QED) is 0.784. The van der Waals surface area contributed by atoms with Crippen molar-refractivity contribution in [1.82, 2.24) is 4.98 Å². The molecule has 1 aliphatic rings. The van der Waals surface area contributed by atoms with Crippen LogP contribution in [0.5, 0.6) is 0 Å². The Hall–Kier alpha value is -1.30. The Morgan fingerprint density at radius 3 is 2.71 bits per heavy atom. The number of benzene rings is 1. The largest absolute Gasteiger partial charge is 0.266 e. The minimum atomic E-state index is -3.71. The monoisotopic (exact) mass is 342 g/mol. The van der Waals surface area contributed by atoms with Gasteiger partial charge in [-0.25, -0.2) is 13.4 Å². The molecule has 2 heterocycles. The van der Waals surface area contributed by atoms with Gasteiger partial charge < -0.3 is 0 Å². The highest BCUT2D eigenvalue weighted by molar-refractivity contribution is 7.92. The van der Waals surface area contributed by atoms with E-state index in [2.05, 4.69) is 4.98 Å². The van der Waals surface area contributed by atoms with E-state index < -0.39 is 10.0 Å². The predicted octanol–water partition coefficient (Wildman–Crippen LogP) is 3.53. The molecule has 0 spiro atoms. The first-order valence-corrected chi connectivity index (χ1v) is 8.54. The van der Waals surface area contributed by atoms with Gasteiger partial charge in [0.2, 0.25) is 0 Å². The van der Waals surface area contributed by atoms with Crippen LogP contribution in [0.25, 0.3) is 0 Å². The average molecular weight is 343 g/mol. The predicted molar refractivity (Wildman–Crippen MR) is 83.5 cm³/mol. The number of hydrogen-bond acceptors (Lipinski definition) is 3. The topological polar surface area (TPSA) is 50.3 Å². The first-order chi connectivity index (χ1) is 9.91. The summed E-state index contributed by atoms with van der Waals surface area (Å²) in [5.74, 6) is 0.